The van der Waals surface area contributed by atoms with Gasteiger partial charge in [0, 0.05) is 42.3 Å². The zero-order chi connectivity index (χ0) is 12.8. The molecule has 1 aliphatic rings. The Morgan fingerprint density at radius 3 is 3.00 bits per heavy atom. The summed E-state index contributed by atoms with van der Waals surface area (Å²) in [5.41, 5.74) is 0.613. The summed E-state index contributed by atoms with van der Waals surface area (Å²) in [7, 11) is 1.81. The van der Waals surface area contributed by atoms with Gasteiger partial charge in [-0.25, -0.2) is 4.98 Å². The molecule has 0 bridgehead atoms. The second-order valence-electron chi connectivity index (χ2n) is 3.96. The highest BCUT2D eigenvalue weighted by Crippen LogP contribution is 2.23. The first-order valence-corrected chi connectivity index (χ1v) is 8.11. The van der Waals surface area contributed by atoms with E-state index in [1.54, 1.807) is 25.4 Å². The maximum absolute atomic E-state index is 11.9. The molecule has 1 unspecified atom stereocenters. The second kappa shape index (κ2) is 6.89. The van der Waals surface area contributed by atoms with E-state index in [1.807, 2.05) is 23.5 Å². The van der Waals surface area contributed by atoms with E-state index in [-0.39, 0.29) is 5.91 Å². The van der Waals surface area contributed by atoms with Crippen molar-refractivity contribution in [1.82, 2.24) is 10.3 Å². The molecule has 0 aliphatic carbocycles. The monoisotopic (exact) mass is 283 g/mol. The van der Waals surface area contributed by atoms with Gasteiger partial charge in [-0.15, -0.1) is 0 Å². The molecular formula is C12H17N3OS2. The number of pyridine rings is 1. The molecule has 0 radical (unpaired) electrons. The smallest absolute Gasteiger partial charge is 0.252 e. The third-order valence-corrected chi connectivity index (χ3v) is 5.50. The molecule has 2 heterocycles. The summed E-state index contributed by atoms with van der Waals surface area (Å²) in [5, 5.41) is 6.44. The number of hydrogen-bond donors (Lipinski definition) is 2. The number of rotatable bonds is 4. The highest BCUT2D eigenvalue weighted by Gasteiger charge is 2.15. The topological polar surface area (TPSA) is 54.0 Å². The van der Waals surface area contributed by atoms with Crippen molar-refractivity contribution < 1.29 is 4.79 Å². The van der Waals surface area contributed by atoms with Gasteiger partial charge in [0.05, 0.1) is 5.56 Å². The third-order valence-electron chi connectivity index (χ3n) is 2.66. The van der Waals surface area contributed by atoms with Crippen molar-refractivity contribution in [2.24, 2.45) is 0 Å². The summed E-state index contributed by atoms with van der Waals surface area (Å²) in [4.78, 5) is 16.0. The summed E-state index contributed by atoms with van der Waals surface area (Å²) >= 11 is 3.91. The fraction of sp³-hybridized carbons (Fsp3) is 0.500. The molecule has 0 spiro atoms. The summed E-state index contributed by atoms with van der Waals surface area (Å²) < 4.78 is 0. The van der Waals surface area contributed by atoms with Gasteiger partial charge in [-0.1, -0.05) is 0 Å². The van der Waals surface area contributed by atoms with Crippen LogP contribution in [0.2, 0.25) is 0 Å². The van der Waals surface area contributed by atoms with Gasteiger partial charge in [0.2, 0.25) is 0 Å². The lowest BCUT2D eigenvalue weighted by atomic mass is 10.2. The number of anilines is 1. The first kappa shape index (κ1) is 13.5. The molecule has 98 valence electrons. The number of nitrogens with one attached hydrogen (secondary N) is 2. The minimum absolute atomic E-state index is 0.0404. The first-order valence-electron chi connectivity index (χ1n) is 5.91. The van der Waals surface area contributed by atoms with E-state index in [9.17, 15) is 4.79 Å². The van der Waals surface area contributed by atoms with Crippen molar-refractivity contribution in [3.05, 3.63) is 23.9 Å². The van der Waals surface area contributed by atoms with Crippen molar-refractivity contribution in [2.45, 2.75) is 5.25 Å². The Morgan fingerprint density at radius 2 is 2.39 bits per heavy atom. The lowest BCUT2D eigenvalue weighted by Crippen LogP contribution is -2.33. The van der Waals surface area contributed by atoms with Gasteiger partial charge in [0.1, 0.15) is 5.82 Å². The molecule has 1 amide bonds. The largest absolute Gasteiger partial charge is 0.373 e. The minimum Gasteiger partial charge on any atom is -0.373 e. The van der Waals surface area contributed by atoms with Gasteiger partial charge in [-0.05, 0) is 12.1 Å². The van der Waals surface area contributed by atoms with Crippen LogP contribution in [0.15, 0.2) is 18.3 Å². The minimum atomic E-state index is -0.0404. The van der Waals surface area contributed by atoms with Crippen LogP contribution < -0.4 is 10.6 Å². The van der Waals surface area contributed by atoms with Crippen molar-refractivity contribution in [1.29, 1.82) is 0 Å². The van der Waals surface area contributed by atoms with E-state index in [2.05, 4.69) is 15.6 Å². The van der Waals surface area contributed by atoms with E-state index < -0.39 is 0 Å². The molecule has 18 heavy (non-hydrogen) atoms. The number of hydrogen-bond acceptors (Lipinski definition) is 5. The third kappa shape index (κ3) is 3.81. The zero-order valence-corrected chi connectivity index (χ0v) is 11.9. The Labute approximate surface area is 116 Å². The van der Waals surface area contributed by atoms with Crippen LogP contribution in [0.3, 0.4) is 0 Å². The Bertz CT molecular complexity index is 391. The second-order valence-corrected chi connectivity index (χ2v) is 6.52. The van der Waals surface area contributed by atoms with Gasteiger partial charge in [0.25, 0.3) is 5.91 Å². The maximum atomic E-state index is 11.9. The molecule has 1 aromatic rings. The van der Waals surface area contributed by atoms with E-state index in [1.165, 1.54) is 11.5 Å². The van der Waals surface area contributed by atoms with Crippen LogP contribution in [-0.4, -0.2) is 47.0 Å². The van der Waals surface area contributed by atoms with Gasteiger partial charge in [-0.2, -0.15) is 23.5 Å². The van der Waals surface area contributed by atoms with Crippen molar-refractivity contribution in [3.63, 3.8) is 0 Å². The quantitative estimate of drug-likeness (QED) is 0.881. The average Bonchev–Trinajstić information content (AvgIpc) is 2.46. The number of amides is 1. The molecule has 1 saturated heterocycles. The highest BCUT2D eigenvalue weighted by molar-refractivity contribution is 8.06. The number of carbonyl (C=O) groups excluding carboxylic acids is 1. The first-order chi connectivity index (χ1) is 8.79. The fourth-order valence-electron chi connectivity index (χ4n) is 1.64. The Balaban J connectivity index is 1.82. The van der Waals surface area contributed by atoms with Gasteiger partial charge >= 0.3 is 0 Å². The predicted molar refractivity (Wildman–Crippen MR) is 79.7 cm³/mol. The summed E-state index contributed by atoms with van der Waals surface area (Å²) in [6.07, 6.45) is 1.60. The molecule has 0 aromatic carbocycles. The van der Waals surface area contributed by atoms with Crippen LogP contribution in [0, 0.1) is 0 Å². The van der Waals surface area contributed by atoms with E-state index in [0.29, 0.717) is 10.8 Å². The van der Waals surface area contributed by atoms with Crippen LogP contribution in [-0.2, 0) is 0 Å². The molecule has 1 aromatic heterocycles. The molecule has 2 N–H and O–H groups in total. The van der Waals surface area contributed by atoms with Gasteiger partial charge < -0.3 is 10.6 Å². The Kier molecular flexibility index (Phi) is 5.19. The number of carbonyl (C=O) groups is 1. The van der Waals surface area contributed by atoms with Crippen LogP contribution in [0.25, 0.3) is 0 Å². The lowest BCUT2D eigenvalue weighted by Gasteiger charge is -2.21. The standard InChI is InChI=1S/C12H17N3OS2/c1-13-11-3-2-9(6-14-11)12(16)15-7-10-8-17-4-5-18-10/h2-3,6,10H,4-5,7-8H2,1H3,(H,13,14)(H,15,16). The van der Waals surface area contributed by atoms with E-state index >= 15 is 0 Å². The van der Waals surface area contributed by atoms with Crippen LogP contribution >= 0.6 is 23.5 Å². The molecule has 0 saturated carbocycles. The molecule has 2 rings (SSSR count). The van der Waals surface area contributed by atoms with E-state index in [0.717, 1.165) is 18.1 Å². The highest BCUT2D eigenvalue weighted by atomic mass is 32.2. The predicted octanol–water partition coefficient (Wildman–Crippen LogP) is 1.70. The van der Waals surface area contributed by atoms with Gasteiger partial charge in [-0.3, -0.25) is 4.79 Å². The molecular weight excluding hydrogens is 266 g/mol. The normalized spacial score (nSPS) is 19.3. The average molecular weight is 283 g/mol. The molecule has 4 nitrogen and oxygen atoms in total. The fourth-order valence-corrected chi connectivity index (χ4v) is 4.25. The maximum Gasteiger partial charge on any atom is 0.252 e. The van der Waals surface area contributed by atoms with Gasteiger partial charge in [0.15, 0.2) is 0 Å². The van der Waals surface area contributed by atoms with Crippen molar-refractivity contribution in [2.75, 3.05) is 36.2 Å². The number of nitrogens with zero attached hydrogens (tertiary/aromatic N) is 1. The van der Waals surface area contributed by atoms with Crippen molar-refractivity contribution >= 4 is 35.2 Å². The Hall–Kier alpha value is -0.880. The Morgan fingerprint density at radius 1 is 1.50 bits per heavy atom. The van der Waals surface area contributed by atoms with E-state index in [4.69, 9.17) is 0 Å². The SMILES string of the molecule is CNc1ccc(C(=O)NCC2CSCCS2)cn1. The molecule has 1 fully saturated rings. The summed E-state index contributed by atoms with van der Waals surface area (Å²) in [6, 6.07) is 3.59. The molecule has 1 aliphatic heterocycles. The molecule has 6 heteroatoms. The zero-order valence-electron chi connectivity index (χ0n) is 10.3. The summed E-state index contributed by atoms with van der Waals surface area (Å²) in [5.74, 6) is 4.27. The van der Waals surface area contributed by atoms with Crippen LogP contribution in [0.1, 0.15) is 10.4 Å². The molecule has 1 atom stereocenters. The summed E-state index contributed by atoms with van der Waals surface area (Å²) in [6.45, 7) is 0.740. The lowest BCUT2D eigenvalue weighted by molar-refractivity contribution is 0.0954. The van der Waals surface area contributed by atoms with Crippen molar-refractivity contribution in [3.8, 4) is 0 Å². The number of thioether (sulfide) groups is 2. The van der Waals surface area contributed by atoms with Crippen LogP contribution in [0.4, 0.5) is 5.82 Å². The number of aromatic nitrogens is 1. The van der Waals surface area contributed by atoms with Crippen LogP contribution in [0.5, 0.6) is 0 Å².